The summed E-state index contributed by atoms with van der Waals surface area (Å²) >= 11 is 0. The van der Waals surface area contributed by atoms with E-state index in [1.807, 2.05) is 30.3 Å². The van der Waals surface area contributed by atoms with Gasteiger partial charge in [-0.15, -0.1) is 0 Å². The van der Waals surface area contributed by atoms with E-state index in [0.29, 0.717) is 18.7 Å². The topological polar surface area (TPSA) is 78.0 Å². The van der Waals surface area contributed by atoms with Crippen LogP contribution in [-0.4, -0.2) is 75.3 Å². The number of hydrogen-bond donors (Lipinski definition) is 3. The lowest BCUT2D eigenvalue weighted by Crippen LogP contribution is -2.60. The summed E-state index contributed by atoms with van der Waals surface area (Å²) in [6.45, 7) is 5.75. The predicted octanol–water partition coefficient (Wildman–Crippen LogP) is 1.62. The largest absolute Gasteiger partial charge is 0.379 e. The molecule has 1 saturated carbocycles. The number of rotatable bonds is 7. The van der Waals surface area contributed by atoms with Crippen LogP contribution in [0, 0.1) is 0 Å². The van der Waals surface area contributed by atoms with Crippen LogP contribution in [0.25, 0.3) is 0 Å². The zero-order valence-electron chi connectivity index (χ0n) is 17.6. The SMILES string of the molecule is CN=C(NCCNC(=O)c1ccccc1)NCC1(N2CCOCC2)CCCCC1. The van der Waals surface area contributed by atoms with Crippen molar-refractivity contribution in [3.8, 4) is 0 Å². The second-order valence-electron chi connectivity index (χ2n) is 7.86. The first-order valence-corrected chi connectivity index (χ1v) is 10.8. The number of ether oxygens (including phenoxy) is 1. The van der Waals surface area contributed by atoms with E-state index in [1.165, 1.54) is 32.1 Å². The highest BCUT2D eigenvalue weighted by Gasteiger charge is 2.38. The van der Waals surface area contributed by atoms with Crippen LogP contribution >= 0.6 is 0 Å². The van der Waals surface area contributed by atoms with Gasteiger partial charge in [-0.1, -0.05) is 37.5 Å². The van der Waals surface area contributed by atoms with Crippen molar-refractivity contribution in [2.24, 2.45) is 4.99 Å². The Morgan fingerprint density at radius 3 is 2.41 bits per heavy atom. The number of hydrogen-bond acceptors (Lipinski definition) is 4. The summed E-state index contributed by atoms with van der Waals surface area (Å²) in [7, 11) is 1.79. The molecule has 0 aromatic heterocycles. The summed E-state index contributed by atoms with van der Waals surface area (Å²) in [5.74, 6) is 0.737. The van der Waals surface area contributed by atoms with Crippen LogP contribution < -0.4 is 16.0 Å². The Kier molecular flexibility index (Phi) is 8.31. The van der Waals surface area contributed by atoms with E-state index < -0.39 is 0 Å². The number of amides is 1. The minimum Gasteiger partial charge on any atom is -0.379 e. The van der Waals surface area contributed by atoms with Gasteiger partial charge < -0.3 is 20.7 Å². The van der Waals surface area contributed by atoms with Crippen molar-refractivity contribution >= 4 is 11.9 Å². The van der Waals surface area contributed by atoms with E-state index in [2.05, 4.69) is 25.8 Å². The highest BCUT2D eigenvalue weighted by atomic mass is 16.5. The smallest absolute Gasteiger partial charge is 0.251 e. The average molecular weight is 402 g/mol. The zero-order valence-corrected chi connectivity index (χ0v) is 17.6. The fourth-order valence-corrected chi connectivity index (χ4v) is 4.37. The fourth-order valence-electron chi connectivity index (χ4n) is 4.37. The number of nitrogens with zero attached hydrogens (tertiary/aromatic N) is 2. The summed E-state index contributed by atoms with van der Waals surface area (Å²) < 4.78 is 5.57. The maximum absolute atomic E-state index is 12.1. The molecule has 1 amide bonds. The van der Waals surface area contributed by atoms with Crippen molar-refractivity contribution in [2.45, 2.75) is 37.6 Å². The molecular formula is C22H35N5O2. The van der Waals surface area contributed by atoms with Gasteiger partial charge in [0.15, 0.2) is 5.96 Å². The molecule has 0 radical (unpaired) electrons. The number of guanidine groups is 1. The normalized spacial score (nSPS) is 20.1. The highest BCUT2D eigenvalue weighted by molar-refractivity contribution is 5.94. The molecule has 0 unspecified atom stereocenters. The first-order chi connectivity index (χ1) is 14.2. The third-order valence-electron chi connectivity index (χ3n) is 6.01. The zero-order chi connectivity index (χ0) is 20.4. The molecule has 160 valence electrons. The van der Waals surface area contributed by atoms with Gasteiger partial charge in [0.25, 0.3) is 5.91 Å². The van der Waals surface area contributed by atoms with E-state index in [1.54, 1.807) is 7.05 Å². The minimum absolute atomic E-state index is 0.0520. The molecule has 29 heavy (non-hydrogen) atoms. The molecular weight excluding hydrogens is 366 g/mol. The van der Waals surface area contributed by atoms with Gasteiger partial charge in [-0.2, -0.15) is 0 Å². The van der Waals surface area contributed by atoms with Crippen molar-refractivity contribution in [1.29, 1.82) is 0 Å². The number of benzene rings is 1. The highest BCUT2D eigenvalue weighted by Crippen LogP contribution is 2.33. The third-order valence-corrected chi connectivity index (χ3v) is 6.01. The average Bonchev–Trinajstić information content (AvgIpc) is 2.80. The Morgan fingerprint density at radius 1 is 1.03 bits per heavy atom. The molecule has 3 rings (SSSR count). The first kappa shape index (κ1) is 21.6. The molecule has 0 spiro atoms. The Labute approximate surface area is 174 Å². The maximum atomic E-state index is 12.1. The molecule has 2 aliphatic rings. The van der Waals surface area contributed by atoms with E-state index in [9.17, 15) is 4.79 Å². The lowest BCUT2D eigenvalue weighted by molar-refractivity contribution is -0.0352. The fraction of sp³-hybridized carbons (Fsp3) is 0.636. The Morgan fingerprint density at radius 2 is 1.72 bits per heavy atom. The number of aliphatic imine (C=N–C) groups is 1. The van der Waals surface area contributed by atoms with E-state index in [4.69, 9.17) is 4.74 Å². The third kappa shape index (κ3) is 6.18. The molecule has 1 heterocycles. The number of carbonyl (C=O) groups excluding carboxylic acids is 1. The maximum Gasteiger partial charge on any atom is 0.251 e. The predicted molar refractivity (Wildman–Crippen MR) is 116 cm³/mol. The van der Waals surface area contributed by atoms with Crippen molar-refractivity contribution in [1.82, 2.24) is 20.9 Å². The summed E-state index contributed by atoms with van der Waals surface area (Å²) in [6, 6.07) is 9.28. The van der Waals surface area contributed by atoms with Crippen molar-refractivity contribution in [2.75, 3.05) is 53.0 Å². The van der Waals surface area contributed by atoms with Gasteiger partial charge in [-0.3, -0.25) is 14.7 Å². The molecule has 3 N–H and O–H groups in total. The minimum atomic E-state index is -0.0520. The molecule has 1 aromatic carbocycles. The lowest BCUT2D eigenvalue weighted by Gasteiger charge is -2.48. The number of morpholine rings is 1. The van der Waals surface area contributed by atoms with Crippen molar-refractivity contribution in [3.05, 3.63) is 35.9 Å². The van der Waals surface area contributed by atoms with Crippen LogP contribution in [0.1, 0.15) is 42.5 Å². The molecule has 0 atom stereocenters. The van der Waals surface area contributed by atoms with E-state index >= 15 is 0 Å². The second kappa shape index (κ2) is 11.2. The molecule has 7 heteroatoms. The van der Waals surface area contributed by atoms with Gasteiger partial charge in [-0.05, 0) is 25.0 Å². The van der Waals surface area contributed by atoms with Crippen molar-refractivity contribution in [3.63, 3.8) is 0 Å². The van der Waals surface area contributed by atoms with Gasteiger partial charge in [0.1, 0.15) is 0 Å². The molecule has 0 bridgehead atoms. The second-order valence-corrected chi connectivity index (χ2v) is 7.86. The van der Waals surface area contributed by atoms with Crippen LogP contribution in [0.2, 0.25) is 0 Å². The molecule has 1 aliphatic carbocycles. The molecule has 1 aliphatic heterocycles. The van der Waals surface area contributed by atoms with E-state index in [-0.39, 0.29) is 11.4 Å². The van der Waals surface area contributed by atoms with E-state index in [0.717, 1.165) is 38.8 Å². The van der Waals surface area contributed by atoms with Crippen LogP contribution in [0.5, 0.6) is 0 Å². The summed E-state index contributed by atoms with van der Waals surface area (Å²) in [4.78, 5) is 19.1. The number of carbonyl (C=O) groups is 1. The Bertz CT molecular complexity index is 652. The molecule has 1 saturated heterocycles. The molecule has 2 fully saturated rings. The van der Waals surface area contributed by atoms with Gasteiger partial charge in [0.05, 0.1) is 13.2 Å². The standard InChI is InChI=1S/C22H35N5O2/c1-23-21(25-13-12-24-20(28)19-8-4-2-5-9-19)26-18-22(10-6-3-7-11-22)27-14-16-29-17-15-27/h2,4-5,8-9H,3,6-7,10-18H2,1H3,(H,24,28)(H2,23,25,26). The van der Waals surface area contributed by atoms with Gasteiger partial charge in [0, 0.05) is 50.9 Å². The van der Waals surface area contributed by atoms with Gasteiger partial charge in [-0.25, -0.2) is 0 Å². The van der Waals surface area contributed by atoms with Crippen molar-refractivity contribution < 1.29 is 9.53 Å². The van der Waals surface area contributed by atoms with Crippen LogP contribution in [0.15, 0.2) is 35.3 Å². The molecule has 1 aromatic rings. The Balaban J connectivity index is 1.44. The first-order valence-electron chi connectivity index (χ1n) is 10.8. The quantitative estimate of drug-likeness (QED) is 0.368. The lowest BCUT2D eigenvalue weighted by atomic mass is 9.80. The number of nitrogens with one attached hydrogen (secondary N) is 3. The summed E-state index contributed by atoms with van der Waals surface area (Å²) in [5, 5.41) is 9.79. The Hall–Kier alpha value is -2.12. The monoisotopic (exact) mass is 401 g/mol. The van der Waals surface area contributed by atoms with Crippen LogP contribution in [-0.2, 0) is 4.74 Å². The van der Waals surface area contributed by atoms with Crippen LogP contribution in [0.3, 0.4) is 0 Å². The van der Waals surface area contributed by atoms with Gasteiger partial charge >= 0.3 is 0 Å². The van der Waals surface area contributed by atoms with Gasteiger partial charge in [0.2, 0.25) is 0 Å². The van der Waals surface area contributed by atoms with Crippen LogP contribution in [0.4, 0.5) is 0 Å². The molecule has 7 nitrogen and oxygen atoms in total. The summed E-state index contributed by atoms with van der Waals surface area (Å²) in [6.07, 6.45) is 6.36. The summed E-state index contributed by atoms with van der Waals surface area (Å²) in [5.41, 5.74) is 0.876.